The predicted octanol–water partition coefficient (Wildman–Crippen LogP) is 4.65. The molecule has 4 heteroatoms. The van der Waals surface area contributed by atoms with Crippen molar-refractivity contribution in [1.82, 2.24) is 4.57 Å². The molecule has 0 atom stereocenters. The van der Waals surface area contributed by atoms with E-state index in [0.29, 0.717) is 0 Å². The number of carbonyl (C=O) groups excluding carboxylic acids is 1. The number of nitriles is 1. The van der Waals surface area contributed by atoms with E-state index in [1.54, 1.807) is 6.08 Å². The van der Waals surface area contributed by atoms with Crippen molar-refractivity contribution in [3.8, 4) is 6.07 Å². The van der Waals surface area contributed by atoms with Crippen molar-refractivity contribution in [3.63, 3.8) is 0 Å². The summed E-state index contributed by atoms with van der Waals surface area (Å²) in [6.45, 7) is 5.94. The Hall–Kier alpha value is -3.32. The predicted molar refractivity (Wildman–Crippen MR) is 106 cm³/mol. The summed E-state index contributed by atoms with van der Waals surface area (Å²) >= 11 is 0. The molecule has 0 spiro atoms. The summed E-state index contributed by atoms with van der Waals surface area (Å²) < 4.78 is 2.07. The van der Waals surface area contributed by atoms with Gasteiger partial charge in [0, 0.05) is 34.9 Å². The topological polar surface area (TPSA) is 57.8 Å². The van der Waals surface area contributed by atoms with Crippen LogP contribution in [-0.2, 0) is 11.8 Å². The van der Waals surface area contributed by atoms with Gasteiger partial charge in [0.25, 0.3) is 5.91 Å². The molecule has 1 amide bonds. The van der Waals surface area contributed by atoms with Gasteiger partial charge in [0.05, 0.1) is 0 Å². The molecule has 0 aliphatic carbocycles. The summed E-state index contributed by atoms with van der Waals surface area (Å²) in [5.41, 5.74) is 5.89. The maximum absolute atomic E-state index is 12.7. The van der Waals surface area contributed by atoms with Crippen LogP contribution in [0.4, 0.5) is 5.69 Å². The standard InChI is InChI=1S/C22H21N3O/c1-14-8-7-10-20(15(14)2)24-22(26)17(13-23)12-19-16(3)25(4)21-11-6-5-9-18(19)21/h5-12H,1-4H3,(H,24,26)/b17-12+. The number of nitrogens with zero attached hydrogens (tertiary/aromatic N) is 2. The number of benzene rings is 2. The molecule has 0 radical (unpaired) electrons. The van der Waals surface area contributed by atoms with Crippen molar-refractivity contribution in [2.24, 2.45) is 7.05 Å². The summed E-state index contributed by atoms with van der Waals surface area (Å²) in [4.78, 5) is 12.7. The molecule has 0 aliphatic heterocycles. The zero-order chi connectivity index (χ0) is 18.8. The van der Waals surface area contributed by atoms with E-state index >= 15 is 0 Å². The molecule has 0 fully saturated rings. The van der Waals surface area contributed by atoms with Crippen molar-refractivity contribution in [2.45, 2.75) is 20.8 Å². The molecule has 130 valence electrons. The highest BCUT2D eigenvalue weighted by Gasteiger charge is 2.15. The Morgan fingerprint density at radius 3 is 2.58 bits per heavy atom. The molecule has 1 N–H and O–H groups in total. The Bertz CT molecular complexity index is 1080. The molecule has 3 aromatic rings. The van der Waals surface area contributed by atoms with Crippen LogP contribution in [-0.4, -0.2) is 10.5 Å². The molecule has 0 saturated carbocycles. The molecule has 1 aromatic heterocycles. The second-order valence-electron chi connectivity index (χ2n) is 6.45. The van der Waals surface area contributed by atoms with E-state index in [2.05, 4.69) is 9.88 Å². The lowest BCUT2D eigenvalue weighted by molar-refractivity contribution is -0.112. The van der Waals surface area contributed by atoms with Crippen LogP contribution < -0.4 is 5.32 Å². The lowest BCUT2D eigenvalue weighted by atomic mass is 10.1. The van der Waals surface area contributed by atoms with Crippen LogP contribution in [0.5, 0.6) is 0 Å². The molecular formula is C22H21N3O. The van der Waals surface area contributed by atoms with Gasteiger partial charge < -0.3 is 9.88 Å². The normalized spacial score (nSPS) is 11.4. The number of carbonyl (C=O) groups is 1. The quantitative estimate of drug-likeness (QED) is 0.556. The van der Waals surface area contributed by atoms with E-state index in [1.807, 2.05) is 76.4 Å². The molecule has 0 bridgehead atoms. The first-order chi connectivity index (χ1) is 12.4. The largest absolute Gasteiger partial charge is 0.347 e. The van der Waals surface area contributed by atoms with Gasteiger partial charge in [-0.1, -0.05) is 30.3 Å². The average Bonchev–Trinajstić information content (AvgIpc) is 2.88. The Balaban J connectivity index is 2.02. The van der Waals surface area contributed by atoms with Gasteiger partial charge in [-0.3, -0.25) is 4.79 Å². The number of hydrogen-bond donors (Lipinski definition) is 1. The zero-order valence-corrected chi connectivity index (χ0v) is 15.4. The first-order valence-corrected chi connectivity index (χ1v) is 8.47. The summed E-state index contributed by atoms with van der Waals surface area (Å²) in [6, 6.07) is 15.7. The van der Waals surface area contributed by atoms with Crippen LogP contribution in [0.3, 0.4) is 0 Å². The second-order valence-corrected chi connectivity index (χ2v) is 6.45. The molecule has 4 nitrogen and oxygen atoms in total. The van der Waals surface area contributed by atoms with Gasteiger partial charge >= 0.3 is 0 Å². The van der Waals surface area contributed by atoms with Gasteiger partial charge in [0.15, 0.2) is 0 Å². The van der Waals surface area contributed by atoms with Gasteiger partial charge in [0.1, 0.15) is 11.6 Å². The maximum atomic E-state index is 12.7. The summed E-state index contributed by atoms with van der Waals surface area (Å²) in [6.07, 6.45) is 1.68. The first-order valence-electron chi connectivity index (χ1n) is 8.47. The van der Waals surface area contributed by atoms with Crippen molar-refractivity contribution in [3.05, 3.63) is 70.4 Å². The molecular weight excluding hydrogens is 322 g/mol. The van der Waals surface area contributed by atoms with Gasteiger partial charge in [0.2, 0.25) is 0 Å². The fourth-order valence-corrected chi connectivity index (χ4v) is 3.10. The highest BCUT2D eigenvalue weighted by atomic mass is 16.1. The minimum Gasteiger partial charge on any atom is -0.347 e. The van der Waals surface area contributed by atoms with E-state index in [4.69, 9.17) is 0 Å². The zero-order valence-electron chi connectivity index (χ0n) is 15.4. The van der Waals surface area contributed by atoms with Gasteiger partial charge in [-0.05, 0) is 50.1 Å². The minimum absolute atomic E-state index is 0.0883. The number of rotatable bonds is 3. The molecule has 0 unspecified atom stereocenters. The number of amides is 1. The summed E-state index contributed by atoms with van der Waals surface area (Å²) in [5, 5.41) is 13.4. The second kappa shape index (κ2) is 6.89. The SMILES string of the molecule is Cc1cccc(NC(=O)/C(C#N)=C/c2c(C)n(C)c3ccccc23)c1C. The molecule has 0 aliphatic rings. The highest BCUT2D eigenvalue weighted by Crippen LogP contribution is 2.27. The third-order valence-corrected chi connectivity index (χ3v) is 4.96. The van der Waals surface area contributed by atoms with Crippen LogP contribution in [0.15, 0.2) is 48.0 Å². The Morgan fingerprint density at radius 1 is 1.12 bits per heavy atom. The number of nitrogens with one attached hydrogen (secondary N) is 1. The smallest absolute Gasteiger partial charge is 0.266 e. The van der Waals surface area contributed by atoms with E-state index in [0.717, 1.165) is 39.0 Å². The number of para-hydroxylation sites is 1. The number of anilines is 1. The summed E-state index contributed by atoms with van der Waals surface area (Å²) in [5.74, 6) is -0.395. The Labute approximate surface area is 153 Å². The van der Waals surface area contributed by atoms with Crippen LogP contribution >= 0.6 is 0 Å². The minimum atomic E-state index is -0.395. The first kappa shape index (κ1) is 17.5. The summed E-state index contributed by atoms with van der Waals surface area (Å²) in [7, 11) is 1.98. The van der Waals surface area contributed by atoms with Gasteiger partial charge in [-0.15, -0.1) is 0 Å². The lowest BCUT2D eigenvalue weighted by Crippen LogP contribution is -2.14. The highest BCUT2D eigenvalue weighted by molar-refractivity contribution is 6.11. The third-order valence-electron chi connectivity index (χ3n) is 4.96. The molecule has 1 heterocycles. The van der Waals surface area contributed by atoms with E-state index in [9.17, 15) is 10.1 Å². The van der Waals surface area contributed by atoms with E-state index in [-0.39, 0.29) is 5.57 Å². The van der Waals surface area contributed by atoms with Crippen LogP contribution in [0.2, 0.25) is 0 Å². The Kier molecular flexibility index (Phi) is 4.64. The number of aryl methyl sites for hydroxylation is 2. The van der Waals surface area contributed by atoms with Gasteiger partial charge in [-0.2, -0.15) is 5.26 Å². The monoisotopic (exact) mass is 343 g/mol. The maximum Gasteiger partial charge on any atom is 0.266 e. The fourth-order valence-electron chi connectivity index (χ4n) is 3.10. The van der Waals surface area contributed by atoms with Crippen molar-refractivity contribution in [1.29, 1.82) is 5.26 Å². The fraction of sp³-hybridized carbons (Fsp3) is 0.182. The number of fused-ring (bicyclic) bond motifs is 1. The molecule has 3 rings (SSSR count). The van der Waals surface area contributed by atoms with E-state index < -0.39 is 5.91 Å². The third kappa shape index (κ3) is 3.00. The van der Waals surface area contributed by atoms with Gasteiger partial charge in [-0.25, -0.2) is 0 Å². The molecule has 2 aromatic carbocycles. The van der Waals surface area contributed by atoms with Crippen LogP contribution in [0.25, 0.3) is 17.0 Å². The molecule has 26 heavy (non-hydrogen) atoms. The van der Waals surface area contributed by atoms with Crippen LogP contribution in [0, 0.1) is 32.1 Å². The Morgan fingerprint density at radius 2 is 1.85 bits per heavy atom. The number of aromatic nitrogens is 1. The van der Waals surface area contributed by atoms with Crippen LogP contribution in [0.1, 0.15) is 22.4 Å². The van der Waals surface area contributed by atoms with Crippen molar-refractivity contribution >= 4 is 28.6 Å². The lowest BCUT2D eigenvalue weighted by Gasteiger charge is -2.09. The van der Waals surface area contributed by atoms with E-state index in [1.165, 1.54) is 0 Å². The van der Waals surface area contributed by atoms with Crippen molar-refractivity contribution in [2.75, 3.05) is 5.32 Å². The number of hydrogen-bond acceptors (Lipinski definition) is 2. The van der Waals surface area contributed by atoms with Crippen molar-refractivity contribution < 1.29 is 4.79 Å². The average molecular weight is 343 g/mol. The molecule has 0 saturated heterocycles.